The van der Waals surface area contributed by atoms with Gasteiger partial charge < -0.3 is 4.74 Å². The van der Waals surface area contributed by atoms with Crippen LogP contribution in [-0.4, -0.2) is 21.3 Å². The van der Waals surface area contributed by atoms with E-state index in [-0.39, 0.29) is 4.91 Å². The van der Waals surface area contributed by atoms with Crippen LogP contribution in [0.5, 0.6) is 5.75 Å². The van der Waals surface area contributed by atoms with Gasteiger partial charge in [-0.05, 0) is 30.2 Å². The summed E-state index contributed by atoms with van der Waals surface area (Å²) >= 11 is 0. The van der Waals surface area contributed by atoms with Crippen LogP contribution < -0.4 is 4.74 Å². The molecule has 1 rings (SSSR count). The molecule has 0 unspecified atom stereocenters. The molecule has 1 aromatic rings. The zero-order valence-corrected chi connectivity index (χ0v) is 11.9. The van der Waals surface area contributed by atoms with Gasteiger partial charge in [0.2, 0.25) is 0 Å². The number of hydrogen-bond acceptors (Lipinski definition) is 4. The predicted molar refractivity (Wildman–Crippen MR) is 75.3 cm³/mol. The summed E-state index contributed by atoms with van der Waals surface area (Å²) in [7, 11) is -3.47. The topological polar surface area (TPSA) is 67.2 Å². The monoisotopic (exact) mass is 279 g/mol. The van der Waals surface area contributed by atoms with E-state index in [2.05, 4.69) is 6.92 Å². The van der Waals surface area contributed by atoms with Gasteiger partial charge in [-0.2, -0.15) is 5.26 Å². The fraction of sp³-hybridized carbons (Fsp3) is 0.357. The molecule has 0 radical (unpaired) electrons. The number of benzene rings is 1. The minimum Gasteiger partial charge on any atom is -0.494 e. The summed E-state index contributed by atoms with van der Waals surface area (Å²) in [5.41, 5.74) is 0.657. The van der Waals surface area contributed by atoms with Gasteiger partial charge in [0.05, 0.1) is 6.61 Å². The highest BCUT2D eigenvalue weighted by molar-refractivity contribution is 7.95. The van der Waals surface area contributed by atoms with E-state index in [4.69, 9.17) is 10.00 Å². The van der Waals surface area contributed by atoms with Crippen LogP contribution in [0.2, 0.25) is 0 Å². The van der Waals surface area contributed by atoms with Gasteiger partial charge >= 0.3 is 0 Å². The van der Waals surface area contributed by atoms with E-state index in [0.717, 1.165) is 24.8 Å². The van der Waals surface area contributed by atoms with E-state index in [9.17, 15) is 8.42 Å². The van der Waals surface area contributed by atoms with Crippen molar-refractivity contribution in [3.63, 3.8) is 0 Å². The molecule has 0 amide bonds. The molecule has 0 heterocycles. The van der Waals surface area contributed by atoms with Crippen molar-refractivity contribution in [1.29, 1.82) is 5.26 Å². The zero-order valence-electron chi connectivity index (χ0n) is 11.1. The van der Waals surface area contributed by atoms with Crippen LogP contribution >= 0.6 is 0 Å². The molecule has 19 heavy (non-hydrogen) atoms. The fourth-order valence-corrected chi connectivity index (χ4v) is 1.88. The van der Waals surface area contributed by atoms with Gasteiger partial charge in [-0.1, -0.05) is 25.5 Å². The summed E-state index contributed by atoms with van der Waals surface area (Å²) < 4.78 is 28.1. The Kier molecular flexibility index (Phi) is 5.58. The van der Waals surface area contributed by atoms with Gasteiger partial charge in [-0.3, -0.25) is 0 Å². The molecule has 0 saturated carbocycles. The van der Waals surface area contributed by atoms with Crippen LogP contribution in [0.1, 0.15) is 25.3 Å². The summed E-state index contributed by atoms with van der Waals surface area (Å²) in [6.45, 7) is 2.75. The SMILES string of the molecule is CCCCOc1ccc(/C=C(/C#N)S(C)(=O)=O)cc1. The first-order valence-electron chi connectivity index (χ1n) is 6.02. The van der Waals surface area contributed by atoms with Crippen LogP contribution in [0, 0.1) is 11.3 Å². The van der Waals surface area contributed by atoms with E-state index in [1.165, 1.54) is 6.08 Å². The summed E-state index contributed by atoms with van der Waals surface area (Å²) in [5, 5.41) is 8.80. The minimum atomic E-state index is -3.47. The molecule has 0 N–H and O–H groups in total. The van der Waals surface area contributed by atoms with Crippen molar-refractivity contribution in [3.8, 4) is 11.8 Å². The first-order valence-corrected chi connectivity index (χ1v) is 7.91. The number of unbranched alkanes of at least 4 members (excludes halogenated alkanes) is 1. The molecule has 0 fully saturated rings. The average Bonchev–Trinajstić information content (AvgIpc) is 2.36. The van der Waals surface area contributed by atoms with E-state index in [1.807, 2.05) is 0 Å². The predicted octanol–water partition coefficient (Wildman–Crippen LogP) is 2.77. The third-order valence-corrected chi connectivity index (χ3v) is 3.46. The first-order chi connectivity index (χ1) is 8.97. The lowest BCUT2D eigenvalue weighted by Gasteiger charge is -2.05. The highest BCUT2D eigenvalue weighted by atomic mass is 32.2. The maximum atomic E-state index is 11.3. The Labute approximate surface area is 114 Å². The second-order valence-corrected chi connectivity index (χ2v) is 6.15. The Morgan fingerprint density at radius 1 is 1.37 bits per heavy atom. The lowest BCUT2D eigenvalue weighted by molar-refractivity contribution is 0.309. The molecular weight excluding hydrogens is 262 g/mol. The number of nitriles is 1. The molecule has 102 valence electrons. The molecule has 5 heteroatoms. The summed E-state index contributed by atoms with van der Waals surface area (Å²) in [5.74, 6) is 0.739. The normalized spacial score (nSPS) is 11.9. The van der Waals surface area contributed by atoms with Crippen LogP contribution in [0.4, 0.5) is 0 Å². The quantitative estimate of drug-likeness (QED) is 0.593. The van der Waals surface area contributed by atoms with Crippen LogP contribution in [0.3, 0.4) is 0 Å². The zero-order chi connectivity index (χ0) is 14.3. The van der Waals surface area contributed by atoms with Crippen molar-refractivity contribution in [3.05, 3.63) is 34.7 Å². The van der Waals surface area contributed by atoms with Crippen molar-refractivity contribution < 1.29 is 13.2 Å². The molecule has 4 nitrogen and oxygen atoms in total. The molecule has 0 atom stereocenters. The highest BCUT2D eigenvalue weighted by Crippen LogP contribution is 2.16. The Morgan fingerprint density at radius 3 is 2.47 bits per heavy atom. The van der Waals surface area contributed by atoms with E-state index in [0.29, 0.717) is 12.2 Å². The fourth-order valence-electron chi connectivity index (χ4n) is 1.37. The van der Waals surface area contributed by atoms with Gasteiger partial charge in [0.25, 0.3) is 0 Å². The van der Waals surface area contributed by atoms with Gasteiger partial charge in [0, 0.05) is 6.26 Å². The van der Waals surface area contributed by atoms with Crippen LogP contribution in [-0.2, 0) is 9.84 Å². The third-order valence-electron chi connectivity index (χ3n) is 2.45. The van der Waals surface area contributed by atoms with Crippen LogP contribution in [0.15, 0.2) is 29.2 Å². The molecular formula is C14H17NO3S. The average molecular weight is 279 g/mol. The number of rotatable bonds is 6. The van der Waals surface area contributed by atoms with E-state index in [1.54, 1.807) is 30.3 Å². The molecule has 0 aromatic heterocycles. The minimum absolute atomic E-state index is 0.243. The van der Waals surface area contributed by atoms with Crippen molar-refractivity contribution >= 4 is 15.9 Å². The Morgan fingerprint density at radius 2 is 2.00 bits per heavy atom. The van der Waals surface area contributed by atoms with Gasteiger partial charge in [-0.15, -0.1) is 0 Å². The summed E-state index contributed by atoms with van der Waals surface area (Å²) in [6, 6.07) is 8.67. The molecule has 0 aliphatic rings. The molecule has 0 bridgehead atoms. The maximum absolute atomic E-state index is 11.3. The Bertz CT molecular complexity index is 580. The van der Waals surface area contributed by atoms with Crippen molar-refractivity contribution in [2.24, 2.45) is 0 Å². The lowest BCUT2D eigenvalue weighted by atomic mass is 10.2. The van der Waals surface area contributed by atoms with Crippen molar-refractivity contribution in [2.75, 3.05) is 12.9 Å². The molecule has 1 aromatic carbocycles. The molecule has 0 spiro atoms. The Hall–Kier alpha value is -1.80. The van der Waals surface area contributed by atoms with Crippen molar-refractivity contribution in [1.82, 2.24) is 0 Å². The maximum Gasteiger partial charge on any atom is 0.185 e. The first kappa shape index (κ1) is 15.3. The molecule has 0 saturated heterocycles. The molecule has 0 aliphatic carbocycles. The standard InChI is InChI=1S/C14H17NO3S/c1-3-4-9-18-13-7-5-12(6-8-13)10-14(11-15)19(2,16)17/h5-8,10H,3-4,9H2,1-2H3/b14-10-. The third kappa shape index (κ3) is 5.14. The van der Waals surface area contributed by atoms with Crippen LogP contribution in [0.25, 0.3) is 6.08 Å². The van der Waals surface area contributed by atoms with E-state index >= 15 is 0 Å². The number of ether oxygens (including phenoxy) is 1. The lowest BCUT2D eigenvalue weighted by Crippen LogP contribution is -1.98. The highest BCUT2D eigenvalue weighted by Gasteiger charge is 2.10. The molecule has 0 aliphatic heterocycles. The van der Waals surface area contributed by atoms with Crippen molar-refractivity contribution in [2.45, 2.75) is 19.8 Å². The van der Waals surface area contributed by atoms with Gasteiger partial charge in [0.1, 0.15) is 16.7 Å². The number of nitrogens with zero attached hydrogens (tertiary/aromatic N) is 1. The summed E-state index contributed by atoms with van der Waals surface area (Å²) in [4.78, 5) is -0.243. The summed E-state index contributed by atoms with van der Waals surface area (Å²) in [6.07, 6.45) is 4.43. The second kappa shape index (κ2) is 6.95. The van der Waals surface area contributed by atoms with Gasteiger partial charge in [0.15, 0.2) is 9.84 Å². The number of hydrogen-bond donors (Lipinski definition) is 0. The van der Waals surface area contributed by atoms with E-state index < -0.39 is 9.84 Å². The number of sulfone groups is 1. The largest absolute Gasteiger partial charge is 0.494 e. The Balaban J connectivity index is 2.82. The number of allylic oxidation sites excluding steroid dienone is 1. The smallest absolute Gasteiger partial charge is 0.185 e. The second-order valence-electron chi connectivity index (χ2n) is 4.16. The van der Waals surface area contributed by atoms with Gasteiger partial charge in [-0.25, -0.2) is 8.42 Å².